The zero-order valence-electron chi connectivity index (χ0n) is 26.0. The molecule has 0 spiro atoms. The fraction of sp³-hybridized carbons (Fsp3) is 0.243. The molecule has 244 valence electrons. The molecule has 0 radical (unpaired) electrons. The third-order valence-corrected chi connectivity index (χ3v) is 8.80. The maximum absolute atomic E-state index is 15.2. The molecule has 11 heteroatoms. The smallest absolute Gasteiger partial charge is 0.258 e. The van der Waals surface area contributed by atoms with Crippen LogP contribution in [0.1, 0.15) is 39.1 Å². The first-order valence-corrected chi connectivity index (χ1v) is 15.9. The molecule has 0 aromatic heterocycles. The Morgan fingerprint density at radius 2 is 1.67 bits per heavy atom. The van der Waals surface area contributed by atoms with Crippen LogP contribution in [-0.4, -0.2) is 66.9 Å². The Balaban J connectivity index is 1.19. The van der Waals surface area contributed by atoms with Crippen molar-refractivity contribution in [2.24, 2.45) is 0 Å². The molecule has 2 atom stereocenters. The molecule has 4 heterocycles. The number of fused-ring (bicyclic) bond motifs is 7. The van der Waals surface area contributed by atoms with Crippen LogP contribution in [0.3, 0.4) is 0 Å². The number of hydrogen-bond donors (Lipinski definition) is 2. The third kappa shape index (κ3) is 6.57. The summed E-state index contributed by atoms with van der Waals surface area (Å²) in [4.78, 5) is 55.6. The van der Waals surface area contributed by atoms with Gasteiger partial charge in [-0.3, -0.25) is 19.2 Å². The highest BCUT2D eigenvalue weighted by atomic mass is 19.1. The van der Waals surface area contributed by atoms with E-state index in [-0.39, 0.29) is 49.5 Å². The summed E-state index contributed by atoms with van der Waals surface area (Å²) < 4.78 is 27.2. The van der Waals surface area contributed by atoms with Crippen LogP contribution < -0.4 is 25.0 Å². The van der Waals surface area contributed by atoms with Crippen LogP contribution in [0.2, 0.25) is 0 Å². The van der Waals surface area contributed by atoms with Crippen LogP contribution in [0.25, 0.3) is 11.1 Å². The predicted octanol–water partition coefficient (Wildman–Crippen LogP) is 4.33. The number of hydrogen-bond acceptors (Lipinski definition) is 6. The average molecular weight is 649 g/mol. The van der Waals surface area contributed by atoms with Crippen molar-refractivity contribution in [3.63, 3.8) is 0 Å². The van der Waals surface area contributed by atoms with Gasteiger partial charge in [0.1, 0.15) is 23.4 Å². The van der Waals surface area contributed by atoms with Crippen molar-refractivity contribution in [3.8, 4) is 22.6 Å². The molecule has 0 unspecified atom stereocenters. The minimum absolute atomic E-state index is 0.0236. The first-order chi connectivity index (χ1) is 23.3. The number of nitrogens with one attached hydrogen (secondary N) is 2. The topological polar surface area (TPSA) is 117 Å². The number of amides is 4. The van der Waals surface area contributed by atoms with E-state index in [4.69, 9.17) is 9.47 Å². The largest absolute Gasteiger partial charge is 0.486 e. The van der Waals surface area contributed by atoms with Crippen LogP contribution in [-0.2, 0) is 16.1 Å². The van der Waals surface area contributed by atoms with Crippen LogP contribution in [0.5, 0.6) is 11.5 Å². The molecule has 10 nitrogen and oxygen atoms in total. The lowest BCUT2D eigenvalue weighted by Crippen LogP contribution is -2.45. The Bertz CT molecular complexity index is 1900. The van der Waals surface area contributed by atoms with Gasteiger partial charge in [0.2, 0.25) is 5.91 Å². The molecule has 0 aliphatic carbocycles. The van der Waals surface area contributed by atoms with Crippen LogP contribution in [0.15, 0.2) is 91.0 Å². The molecule has 4 amide bonds. The van der Waals surface area contributed by atoms with Gasteiger partial charge < -0.3 is 29.9 Å². The second-order valence-electron chi connectivity index (χ2n) is 12.1. The van der Waals surface area contributed by atoms with Crippen molar-refractivity contribution >= 4 is 29.3 Å². The van der Waals surface area contributed by atoms with Crippen molar-refractivity contribution in [1.82, 2.24) is 15.5 Å². The summed E-state index contributed by atoms with van der Waals surface area (Å²) in [7, 11) is 0. The van der Waals surface area contributed by atoms with Gasteiger partial charge in [0, 0.05) is 37.3 Å². The highest BCUT2D eigenvalue weighted by Crippen LogP contribution is 2.28. The number of anilines is 1. The van der Waals surface area contributed by atoms with Gasteiger partial charge in [-0.2, -0.15) is 0 Å². The van der Waals surface area contributed by atoms with Crippen molar-refractivity contribution in [3.05, 3.63) is 114 Å². The minimum Gasteiger partial charge on any atom is -0.486 e. The molecule has 4 aromatic carbocycles. The summed E-state index contributed by atoms with van der Waals surface area (Å²) in [6.45, 7) is 0.969. The van der Waals surface area contributed by atoms with Gasteiger partial charge in [0.15, 0.2) is 6.61 Å². The molecule has 0 saturated carbocycles. The average Bonchev–Trinajstić information content (AvgIpc) is 3.72. The summed E-state index contributed by atoms with van der Waals surface area (Å²) in [5.74, 6) is -0.948. The summed E-state index contributed by atoms with van der Waals surface area (Å²) in [5, 5.41) is 5.77. The molecule has 8 rings (SSSR count). The third-order valence-electron chi connectivity index (χ3n) is 8.80. The van der Waals surface area contributed by atoms with Gasteiger partial charge in [0.25, 0.3) is 17.7 Å². The molecule has 4 aromatic rings. The van der Waals surface area contributed by atoms with Crippen molar-refractivity contribution in [2.45, 2.75) is 31.5 Å². The first-order valence-electron chi connectivity index (χ1n) is 15.9. The molecule has 2 N–H and O–H groups in total. The van der Waals surface area contributed by atoms with Crippen molar-refractivity contribution in [2.75, 3.05) is 31.1 Å². The number of ether oxygens (including phenoxy) is 2. The Hall–Kier alpha value is -5.71. The van der Waals surface area contributed by atoms with Crippen LogP contribution in [0.4, 0.5) is 10.1 Å². The Morgan fingerprint density at radius 1 is 0.854 bits per heavy atom. The number of carbonyl (C=O) groups is 4. The Labute approximate surface area is 276 Å². The quantitative estimate of drug-likeness (QED) is 0.334. The molecule has 6 bridgehead atoms. The number of halogens is 1. The van der Waals surface area contributed by atoms with E-state index < -0.39 is 23.9 Å². The molecular formula is C37H33FN4O6. The maximum Gasteiger partial charge on any atom is 0.258 e. The molecular weight excluding hydrogens is 615 g/mol. The SMILES string of the molecule is O=C1COc2cccc(c2)-c2ccc(F)c(c2)C(=O)N[C@H]2CN(C(=O)c3cccc(N4CCCC4=O)c3)C[C@@H]2Oc2ccc(cc2)CN1. The van der Waals surface area contributed by atoms with E-state index in [1.165, 1.54) is 12.1 Å². The highest BCUT2D eigenvalue weighted by molar-refractivity contribution is 5.99. The van der Waals surface area contributed by atoms with Gasteiger partial charge in [-0.15, -0.1) is 0 Å². The van der Waals surface area contributed by atoms with E-state index in [0.717, 1.165) is 12.0 Å². The molecule has 2 saturated heterocycles. The second-order valence-corrected chi connectivity index (χ2v) is 12.1. The minimum atomic E-state index is -0.699. The number of carbonyl (C=O) groups excluding carboxylic acids is 4. The zero-order chi connectivity index (χ0) is 33.2. The zero-order valence-corrected chi connectivity index (χ0v) is 26.0. The van der Waals surface area contributed by atoms with Crippen molar-refractivity contribution < 1.29 is 33.0 Å². The maximum atomic E-state index is 15.2. The number of nitrogens with zero attached hydrogens (tertiary/aromatic N) is 2. The molecule has 48 heavy (non-hydrogen) atoms. The van der Waals surface area contributed by atoms with Gasteiger partial charge >= 0.3 is 0 Å². The second kappa shape index (κ2) is 13.2. The van der Waals surface area contributed by atoms with Gasteiger partial charge in [-0.25, -0.2) is 4.39 Å². The molecule has 2 fully saturated rings. The van der Waals surface area contributed by atoms with E-state index in [1.54, 1.807) is 70.5 Å². The van der Waals surface area contributed by atoms with Crippen LogP contribution >= 0.6 is 0 Å². The Morgan fingerprint density at radius 3 is 2.48 bits per heavy atom. The summed E-state index contributed by atoms with van der Waals surface area (Å²) in [6.07, 6.45) is 0.589. The molecule has 4 aliphatic heterocycles. The van der Waals surface area contributed by atoms with E-state index in [0.29, 0.717) is 46.8 Å². The Kier molecular flexibility index (Phi) is 8.49. The lowest BCUT2D eigenvalue weighted by Gasteiger charge is -2.21. The van der Waals surface area contributed by atoms with Crippen LogP contribution in [0, 0.1) is 5.82 Å². The fourth-order valence-electron chi connectivity index (χ4n) is 6.26. The predicted molar refractivity (Wildman–Crippen MR) is 175 cm³/mol. The highest BCUT2D eigenvalue weighted by Gasteiger charge is 2.39. The van der Waals surface area contributed by atoms with E-state index in [1.807, 2.05) is 18.2 Å². The van der Waals surface area contributed by atoms with Gasteiger partial charge in [0.05, 0.1) is 18.2 Å². The lowest BCUT2D eigenvalue weighted by molar-refractivity contribution is -0.123. The number of benzene rings is 4. The fourth-order valence-corrected chi connectivity index (χ4v) is 6.26. The van der Waals surface area contributed by atoms with Gasteiger partial charge in [-0.05, 0) is 77.7 Å². The summed E-state index contributed by atoms with van der Waals surface area (Å²) >= 11 is 0. The number of likely N-dealkylation sites (tertiary alicyclic amines) is 1. The molecule has 4 aliphatic rings. The number of rotatable bonds is 2. The summed E-state index contributed by atoms with van der Waals surface area (Å²) in [5.41, 5.74) is 3.00. The summed E-state index contributed by atoms with van der Waals surface area (Å²) in [6, 6.07) is 24.7. The standard InChI is InChI=1S/C37H33FN4O6/c38-31-14-11-25-18-30(31)36(45)40-32-20-41(37(46)26-5-1-6-27(16-26)42-15-3-8-35(42)44)21-33(32)48-28-12-9-23(10-13-28)19-39-34(43)22-47-29-7-2-4-24(25)17-29/h1-2,4-7,9-14,16-18,32-33H,3,8,15,19-22H2,(H,39,43)(H,40,45)/t32-,33-/m0/s1. The van der Waals surface area contributed by atoms with Gasteiger partial charge in [-0.1, -0.05) is 36.4 Å². The van der Waals surface area contributed by atoms with E-state index in [9.17, 15) is 19.2 Å². The first kappa shape index (κ1) is 30.9. The van der Waals surface area contributed by atoms with E-state index in [2.05, 4.69) is 10.6 Å². The normalized spacial score (nSPS) is 19.6. The lowest BCUT2D eigenvalue weighted by atomic mass is 10.0. The van der Waals surface area contributed by atoms with E-state index >= 15 is 4.39 Å². The van der Waals surface area contributed by atoms with Crippen molar-refractivity contribution in [1.29, 1.82) is 0 Å². The monoisotopic (exact) mass is 648 g/mol.